The van der Waals surface area contributed by atoms with Crippen molar-refractivity contribution >= 4 is 11.6 Å². The van der Waals surface area contributed by atoms with Gasteiger partial charge in [-0.15, -0.1) is 0 Å². The summed E-state index contributed by atoms with van der Waals surface area (Å²) in [4.78, 5) is 13.6. The van der Waals surface area contributed by atoms with Crippen molar-refractivity contribution in [1.82, 2.24) is 4.90 Å². The van der Waals surface area contributed by atoms with E-state index >= 15 is 0 Å². The standard InChI is InChI=1S/C12H18N2O2/c1-8-5-4-6-10(13)11(8)12(16)14(3)9(2)7-15/h4-6,9,15H,7,13H2,1-3H3. The third-order valence-electron chi connectivity index (χ3n) is 2.76. The SMILES string of the molecule is Cc1cccc(N)c1C(=O)N(C)C(C)CO. The molecule has 0 aliphatic rings. The normalized spacial score (nSPS) is 12.2. The molecule has 1 atom stereocenters. The van der Waals surface area contributed by atoms with Gasteiger partial charge in [0.15, 0.2) is 0 Å². The van der Waals surface area contributed by atoms with Crippen molar-refractivity contribution in [2.75, 3.05) is 19.4 Å². The molecule has 0 aliphatic carbocycles. The number of carbonyl (C=O) groups excluding carboxylic acids is 1. The van der Waals surface area contributed by atoms with Gasteiger partial charge in [-0.25, -0.2) is 0 Å². The second-order valence-electron chi connectivity index (χ2n) is 3.99. The van der Waals surface area contributed by atoms with E-state index in [0.717, 1.165) is 5.56 Å². The minimum absolute atomic E-state index is 0.0615. The van der Waals surface area contributed by atoms with Gasteiger partial charge in [0, 0.05) is 12.7 Å². The second-order valence-corrected chi connectivity index (χ2v) is 3.99. The topological polar surface area (TPSA) is 66.6 Å². The number of nitrogen functional groups attached to an aromatic ring is 1. The minimum Gasteiger partial charge on any atom is -0.398 e. The predicted octanol–water partition coefficient (Wildman–Crippen LogP) is 1.03. The highest BCUT2D eigenvalue weighted by Gasteiger charge is 2.20. The van der Waals surface area contributed by atoms with Gasteiger partial charge >= 0.3 is 0 Å². The Morgan fingerprint density at radius 2 is 2.19 bits per heavy atom. The van der Waals surface area contributed by atoms with E-state index in [-0.39, 0.29) is 18.6 Å². The number of carbonyl (C=O) groups is 1. The molecular formula is C12H18N2O2. The molecule has 1 rings (SSSR count). The Kier molecular flexibility index (Phi) is 3.90. The largest absolute Gasteiger partial charge is 0.398 e. The maximum absolute atomic E-state index is 12.1. The fourth-order valence-corrected chi connectivity index (χ4v) is 1.48. The van der Waals surface area contributed by atoms with E-state index in [4.69, 9.17) is 10.8 Å². The van der Waals surface area contributed by atoms with E-state index in [1.807, 2.05) is 19.1 Å². The van der Waals surface area contributed by atoms with Crippen molar-refractivity contribution in [1.29, 1.82) is 0 Å². The summed E-state index contributed by atoms with van der Waals surface area (Å²) in [6.45, 7) is 3.57. The second kappa shape index (κ2) is 4.99. The van der Waals surface area contributed by atoms with Crippen LogP contribution in [0, 0.1) is 6.92 Å². The summed E-state index contributed by atoms with van der Waals surface area (Å²) < 4.78 is 0. The van der Waals surface area contributed by atoms with Crippen LogP contribution < -0.4 is 5.73 Å². The fourth-order valence-electron chi connectivity index (χ4n) is 1.48. The van der Waals surface area contributed by atoms with Gasteiger partial charge in [-0.05, 0) is 25.5 Å². The first kappa shape index (κ1) is 12.5. The first-order valence-electron chi connectivity index (χ1n) is 5.22. The third-order valence-corrected chi connectivity index (χ3v) is 2.76. The molecule has 1 amide bonds. The van der Waals surface area contributed by atoms with Crippen molar-refractivity contribution in [2.45, 2.75) is 19.9 Å². The molecule has 1 aromatic carbocycles. The Bertz CT molecular complexity index is 370. The van der Waals surface area contributed by atoms with Crippen LogP contribution in [0.5, 0.6) is 0 Å². The zero-order valence-electron chi connectivity index (χ0n) is 9.90. The van der Waals surface area contributed by atoms with Gasteiger partial charge in [-0.2, -0.15) is 0 Å². The molecule has 3 N–H and O–H groups in total. The van der Waals surface area contributed by atoms with E-state index < -0.39 is 0 Å². The highest BCUT2D eigenvalue weighted by atomic mass is 16.3. The summed E-state index contributed by atoms with van der Waals surface area (Å²) in [7, 11) is 1.66. The van der Waals surface area contributed by atoms with Gasteiger partial charge < -0.3 is 15.7 Å². The highest BCUT2D eigenvalue weighted by Crippen LogP contribution is 2.18. The number of hydrogen-bond donors (Lipinski definition) is 2. The average molecular weight is 222 g/mol. The van der Waals surface area contributed by atoms with Crippen LogP contribution in [0.15, 0.2) is 18.2 Å². The van der Waals surface area contributed by atoms with Crippen molar-refractivity contribution in [3.05, 3.63) is 29.3 Å². The van der Waals surface area contributed by atoms with Crippen LogP contribution in [0.4, 0.5) is 5.69 Å². The predicted molar refractivity (Wildman–Crippen MR) is 64.2 cm³/mol. The number of aliphatic hydroxyl groups excluding tert-OH is 1. The van der Waals surface area contributed by atoms with Gasteiger partial charge in [0.1, 0.15) is 0 Å². The van der Waals surface area contributed by atoms with E-state index in [9.17, 15) is 4.79 Å². The molecule has 1 aromatic rings. The summed E-state index contributed by atoms with van der Waals surface area (Å²) in [6, 6.07) is 5.15. The molecule has 16 heavy (non-hydrogen) atoms. The number of anilines is 1. The van der Waals surface area contributed by atoms with E-state index in [2.05, 4.69) is 0 Å². The molecule has 0 bridgehead atoms. The third kappa shape index (κ3) is 2.33. The summed E-state index contributed by atoms with van der Waals surface area (Å²) in [5, 5.41) is 9.01. The zero-order valence-corrected chi connectivity index (χ0v) is 9.90. The maximum Gasteiger partial charge on any atom is 0.256 e. The first-order valence-corrected chi connectivity index (χ1v) is 5.22. The Hall–Kier alpha value is -1.55. The van der Waals surface area contributed by atoms with Crippen LogP contribution in [0.1, 0.15) is 22.8 Å². The molecule has 4 heteroatoms. The van der Waals surface area contributed by atoms with Gasteiger partial charge in [-0.3, -0.25) is 4.79 Å². The lowest BCUT2D eigenvalue weighted by Crippen LogP contribution is -2.38. The van der Waals surface area contributed by atoms with Crippen molar-refractivity contribution in [2.24, 2.45) is 0 Å². The van der Waals surface area contributed by atoms with E-state index in [1.165, 1.54) is 4.90 Å². The lowest BCUT2D eigenvalue weighted by molar-refractivity contribution is 0.0682. The molecule has 0 radical (unpaired) electrons. The maximum atomic E-state index is 12.1. The number of amides is 1. The molecule has 0 saturated carbocycles. The van der Waals surface area contributed by atoms with E-state index in [0.29, 0.717) is 11.3 Å². The number of aliphatic hydroxyl groups is 1. The Labute approximate surface area is 95.7 Å². The number of likely N-dealkylation sites (N-methyl/N-ethyl adjacent to an activating group) is 1. The molecule has 88 valence electrons. The molecule has 0 heterocycles. The number of nitrogens with two attached hydrogens (primary N) is 1. The summed E-state index contributed by atoms with van der Waals surface area (Å²) in [5.74, 6) is -0.155. The smallest absolute Gasteiger partial charge is 0.256 e. The molecule has 0 fully saturated rings. The van der Waals surface area contributed by atoms with E-state index in [1.54, 1.807) is 20.0 Å². The highest BCUT2D eigenvalue weighted by molar-refractivity contribution is 6.00. The van der Waals surface area contributed by atoms with Crippen LogP contribution >= 0.6 is 0 Å². The number of nitrogens with zero attached hydrogens (tertiary/aromatic N) is 1. The lowest BCUT2D eigenvalue weighted by atomic mass is 10.1. The average Bonchev–Trinajstić information content (AvgIpc) is 2.26. The fraction of sp³-hybridized carbons (Fsp3) is 0.417. The summed E-state index contributed by atoms with van der Waals surface area (Å²) in [5.41, 5.74) is 7.63. The van der Waals surface area contributed by atoms with Crippen molar-refractivity contribution in [3.8, 4) is 0 Å². The Morgan fingerprint density at radius 3 is 2.69 bits per heavy atom. The molecule has 0 aromatic heterocycles. The molecule has 0 saturated heterocycles. The number of benzene rings is 1. The number of rotatable bonds is 3. The van der Waals surface area contributed by atoms with Gasteiger partial charge in [0.05, 0.1) is 18.2 Å². The molecule has 1 unspecified atom stereocenters. The summed E-state index contributed by atoms with van der Waals surface area (Å²) >= 11 is 0. The minimum atomic E-state index is -0.216. The number of aryl methyl sites for hydroxylation is 1. The Balaban J connectivity index is 3.05. The number of hydrogen-bond acceptors (Lipinski definition) is 3. The zero-order chi connectivity index (χ0) is 12.3. The monoisotopic (exact) mass is 222 g/mol. The molecular weight excluding hydrogens is 204 g/mol. The Morgan fingerprint density at radius 1 is 1.56 bits per heavy atom. The first-order chi connectivity index (χ1) is 7.49. The van der Waals surface area contributed by atoms with Crippen LogP contribution in [-0.2, 0) is 0 Å². The van der Waals surface area contributed by atoms with Crippen LogP contribution in [0.2, 0.25) is 0 Å². The molecule has 0 aliphatic heterocycles. The quantitative estimate of drug-likeness (QED) is 0.751. The van der Waals surface area contributed by atoms with Gasteiger partial charge in [0.25, 0.3) is 5.91 Å². The van der Waals surface area contributed by atoms with Gasteiger partial charge in [0.2, 0.25) is 0 Å². The van der Waals surface area contributed by atoms with Crippen molar-refractivity contribution < 1.29 is 9.90 Å². The van der Waals surface area contributed by atoms with Crippen molar-refractivity contribution in [3.63, 3.8) is 0 Å². The summed E-state index contributed by atoms with van der Waals surface area (Å²) in [6.07, 6.45) is 0. The lowest BCUT2D eigenvalue weighted by Gasteiger charge is -2.24. The molecule has 4 nitrogen and oxygen atoms in total. The van der Waals surface area contributed by atoms with Crippen LogP contribution in [0.25, 0.3) is 0 Å². The van der Waals surface area contributed by atoms with Gasteiger partial charge in [-0.1, -0.05) is 12.1 Å². The molecule has 0 spiro atoms. The van der Waals surface area contributed by atoms with Crippen LogP contribution in [-0.4, -0.2) is 35.6 Å². The van der Waals surface area contributed by atoms with Crippen LogP contribution in [0.3, 0.4) is 0 Å².